The van der Waals surface area contributed by atoms with Crippen molar-refractivity contribution in [2.45, 2.75) is 13.0 Å². The van der Waals surface area contributed by atoms with Crippen molar-refractivity contribution in [1.29, 1.82) is 0 Å². The second-order valence-corrected chi connectivity index (χ2v) is 4.02. The van der Waals surface area contributed by atoms with Gasteiger partial charge in [0, 0.05) is 18.3 Å². The molecule has 1 heterocycles. The van der Waals surface area contributed by atoms with Gasteiger partial charge in [0.05, 0.1) is 5.69 Å². The van der Waals surface area contributed by atoms with Gasteiger partial charge in [-0.3, -0.25) is 0 Å². The second kappa shape index (κ2) is 5.20. The van der Waals surface area contributed by atoms with Gasteiger partial charge in [0.25, 0.3) is 0 Å². The van der Waals surface area contributed by atoms with Crippen LogP contribution < -0.4 is 5.73 Å². The molecule has 0 spiro atoms. The van der Waals surface area contributed by atoms with E-state index in [1.807, 2.05) is 0 Å². The van der Waals surface area contributed by atoms with E-state index in [2.05, 4.69) is 9.97 Å². The molecule has 2 aromatic rings. The standard InChI is InChI=1S/C13H14FN3O/c1-8-6-9(2-3-10(8)14)11-4-5-16-13(17-11)12(18)7-15/h2-6,12,18H,7,15H2,1H3. The summed E-state index contributed by atoms with van der Waals surface area (Å²) in [5.41, 5.74) is 7.32. The number of nitrogens with two attached hydrogens (primary N) is 1. The smallest absolute Gasteiger partial charge is 0.158 e. The van der Waals surface area contributed by atoms with Gasteiger partial charge in [0.1, 0.15) is 11.9 Å². The van der Waals surface area contributed by atoms with Crippen LogP contribution in [-0.4, -0.2) is 21.6 Å². The van der Waals surface area contributed by atoms with Crippen LogP contribution in [0.15, 0.2) is 30.5 Å². The van der Waals surface area contributed by atoms with Crippen LogP contribution in [0.4, 0.5) is 4.39 Å². The minimum Gasteiger partial charge on any atom is -0.384 e. The third kappa shape index (κ3) is 2.52. The molecule has 0 aliphatic heterocycles. The SMILES string of the molecule is Cc1cc(-c2ccnc(C(O)CN)n2)ccc1F. The Morgan fingerprint density at radius 2 is 2.17 bits per heavy atom. The zero-order valence-corrected chi connectivity index (χ0v) is 9.97. The van der Waals surface area contributed by atoms with Gasteiger partial charge in [0.15, 0.2) is 5.82 Å². The molecule has 1 aromatic carbocycles. The van der Waals surface area contributed by atoms with Gasteiger partial charge in [0.2, 0.25) is 0 Å². The highest BCUT2D eigenvalue weighted by atomic mass is 19.1. The van der Waals surface area contributed by atoms with Crippen molar-refractivity contribution < 1.29 is 9.50 Å². The summed E-state index contributed by atoms with van der Waals surface area (Å²) in [6.07, 6.45) is 0.668. The summed E-state index contributed by atoms with van der Waals surface area (Å²) in [6.45, 7) is 1.75. The van der Waals surface area contributed by atoms with Crippen LogP contribution in [0.25, 0.3) is 11.3 Å². The van der Waals surface area contributed by atoms with Gasteiger partial charge in [-0.15, -0.1) is 0 Å². The number of hydrogen-bond acceptors (Lipinski definition) is 4. The largest absolute Gasteiger partial charge is 0.384 e. The summed E-state index contributed by atoms with van der Waals surface area (Å²) in [5.74, 6) is 0.0204. The van der Waals surface area contributed by atoms with Crippen LogP contribution in [0.3, 0.4) is 0 Å². The van der Waals surface area contributed by atoms with E-state index >= 15 is 0 Å². The van der Waals surface area contributed by atoms with Crippen molar-refractivity contribution in [2.75, 3.05) is 6.54 Å². The van der Waals surface area contributed by atoms with E-state index in [0.29, 0.717) is 11.3 Å². The van der Waals surface area contributed by atoms with Crippen LogP contribution in [-0.2, 0) is 0 Å². The van der Waals surface area contributed by atoms with Crippen LogP contribution in [0, 0.1) is 12.7 Å². The number of nitrogens with zero attached hydrogens (tertiary/aromatic N) is 2. The average molecular weight is 247 g/mol. The van der Waals surface area contributed by atoms with E-state index in [0.717, 1.165) is 5.56 Å². The Hall–Kier alpha value is -1.85. The van der Waals surface area contributed by atoms with Crippen molar-refractivity contribution in [3.63, 3.8) is 0 Å². The quantitative estimate of drug-likeness (QED) is 0.863. The van der Waals surface area contributed by atoms with Crippen LogP contribution >= 0.6 is 0 Å². The van der Waals surface area contributed by atoms with Crippen molar-refractivity contribution in [3.05, 3.63) is 47.7 Å². The number of aliphatic hydroxyl groups is 1. The Labute approximate surface area is 104 Å². The predicted octanol–water partition coefficient (Wildman–Crippen LogP) is 1.58. The zero-order chi connectivity index (χ0) is 13.1. The number of aryl methyl sites for hydroxylation is 1. The third-order valence-electron chi connectivity index (χ3n) is 2.65. The van der Waals surface area contributed by atoms with Crippen molar-refractivity contribution in [2.24, 2.45) is 5.73 Å². The highest BCUT2D eigenvalue weighted by Gasteiger charge is 2.10. The molecule has 0 aliphatic rings. The molecule has 0 saturated heterocycles. The molecule has 1 unspecified atom stereocenters. The molecule has 0 fully saturated rings. The van der Waals surface area contributed by atoms with E-state index in [4.69, 9.17) is 5.73 Å². The Morgan fingerprint density at radius 3 is 2.83 bits per heavy atom. The lowest BCUT2D eigenvalue weighted by Crippen LogP contribution is -2.14. The molecule has 1 aromatic heterocycles. The molecular weight excluding hydrogens is 233 g/mol. The predicted molar refractivity (Wildman–Crippen MR) is 66.2 cm³/mol. The van der Waals surface area contributed by atoms with E-state index in [9.17, 15) is 9.50 Å². The number of halogens is 1. The maximum Gasteiger partial charge on any atom is 0.158 e. The Balaban J connectivity index is 2.41. The molecule has 0 radical (unpaired) electrons. The van der Waals surface area contributed by atoms with Gasteiger partial charge in [-0.1, -0.05) is 0 Å². The summed E-state index contributed by atoms with van der Waals surface area (Å²) in [5, 5.41) is 9.59. The highest BCUT2D eigenvalue weighted by Crippen LogP contribution is 2.20. The Morgan fingerprint density at radius 1 is 1.39 bits per heavy atom. The van der Waals surface area contributed by atoms with Gasteiger partial charge in [-0.2, -0.15) is 0 Å². The fraction of sp³-hybridized carbons (Fsp3) is 0.231. The minimum absolute atomic E-state index is 0.0614. The highest BCUT2D eigenvalue weighted by molar-refractivity contribution is 5.59. The first-order valence-electron chi connectivity index (χ1n) is 5.59. The molecule has 0 aliphatic carbocycles. The van der Waals surface area contributed by atoms with Gasteiger partial charge in [-0.05, 0) is 36.8 Å². The maximum atomic E-state index is 13.2. The fourth-order valence-corrected chi connectivity index (χ4v) is 1.60. The molecule has 0 amide bonds. The van der Waals surface area contributed by atoms with Crippen LogP contribution in [0.1, 0.15) is 17.5 Å². The van der Waals surface area contributed by atoms with Crippen molar-refractivity contribution >= 4 is 0 Å². The maximum absolute atomic E-state index is 13.2. The van der Waals surface area contributed by atoms with Crippen molar-refractivity contribution in [1.82, 2.24) is 9.97 Å². The number of aliphatic hydroxyl groups excluding tert-OH is 1. The lowest BCUT2D eigenvalue weighted by Gasteiger charge is -2.08. The molecule has 0 saturated carbocycles. The summed E-state index contributed by atoms with van der Waals surface area (Å²) in [4.78, 5) is 8.18. The molecule has 3 N–H and O–H groups in total. The molecule has 94 valence electrons. The van der Waals surface area contributed by atoms with E-state index in [1.165, 1.54) is 6.07 Å². The van der Waals surface area contributed by atoms with Gasteiger partial charge >= 0.3 is 0 Å². The molecule has 5 heteroatoms. The Bertz CT molecular complexity index is 560. The third-order valence-corrected chi connectivity index (χ3v) is 2.65. The Kier molecular flexibility index (Phi) is 3.64. The minimum atomic E-state index is -0.883. The fourth-order valence-electron chi connectivity index (χ4n) is 1.60. The van der Waals surface area contributed by atoms with Crippen molar-refractivity contribution in [3.8, 4) is 11.3 Å². The van der Waals surface area contributed by atoms with Crippen LogP contribution in [0.2, 0.25) is 0 Å². The van der Waals surface area contributed by atoms with Gasteiger partial charge in [-0.25, -0.2) is 14.4 Å². The molecule has 4 nitrogen and oxygen atoms in total. The average Bonchev–Trinajstić information content (AvgIpc) is 2.41. The number of aromatic nitrogens is 2. The summed E-state index contributed by atoms with van der Waals surface area (Å²) < 4.78 is 13.2. The number of benzene rings is 1. The lowest BCUT2D eigenvalue weighted by atomic mass is 10.1. The summed E-state index contributed by atoms with van der Waals surface area (Å²) in [7, 11) is 0. The molecule has 18 heavy (non-hydrogen) atoms. The normalized spacial score (nSPS) is 12.4. The molecule has 0 bridgehead atoms. The number of hydrogen-bond donors (Lipinski definition) is 2. The van der Waals surface area contributed by atoms with E-state index in [1.54, 1.807) is 31.3 Å². The summed E-state index contributed by atoms with van der Waals surface area (Å²) in [6, 6.07) is 6.45. The first-order valence-corrected chi connectivity index (χ1v) is 5.59. The first kappa shape index (κ1) is 12.6. The molecule has 1 atom stereocenters. The van der Waals surface area contributed by atoms with Crippen LogP contribution in [0.5, 0.6) is 0 Å². The lowest BCUT2D eigenvalue weighted by molar-refractivity contribution is 0.176. The number of rotatable bonds is 3. The molecular formula is C13H14FN3O. The summed E-state index contributed by atoms with van der Waals surface area (Å²) >= 11 is 0. The monoisotopic (exact) mass is 247 g/mol. The topological polar surface area (TPSA) is 72.0 Å². The van der Waals surface area contributed by atoms with Gasteiger partial charge < -0.3 is 10.8 Å². The molecule has 2 rings (SSSR count). The van der Waals surface area contributed by atoms with E-state index < -0.39 is 6.10 Å². The van der Waals surface area contributed by atoms with E-state index in [-0.39, 0.29) is 18.2 Å². The second-order valence-electron chi connectivity index (χ2n) is 4.02. The first-order chi connectivity index (χ1) is 8.61. The zero-order valence-electron chi connectivity index (χ0n) is 9.97.